The van der Waals surface area contributed by atoms with Gasteiger partial charge < -0.3 is 19.2 Å². The van der Waals surface area contributed by atoms with Gasteiger partial charge in [0.25, 0.3) is 0 Å². The van der Waals surface area contributed by atoms with Crippen molar-refractivity contribution in [2.24, 2.45) is 11.1 Å². The average Bonchev–Trinajstić information content (AvgIpc) is 3.01. The maximum atomic E-state index is 13.3. The predicted molar refractivity (Wildman–Crippen MR) is 107 cm³/mol. The third-order valence-corrected chi connectivity index (χ3v) is 6.73. The second kappa shape index (κ2) is 7.94. The summed E-state index contributed by atoms with van der Waals surface area (Å²) < 4.78 is 11.1. The van der Waals surface area contributed by atoms with E-state index in [0.717, 1.165) is 38.5 Å². The molecule has 0 bridgehead atoms. The Hall–Kier alpha value is -1.14. The van der Waals surface area contributed by atoms with Crippen LogP contribution in [0.5, 0.6) is 0 Å². The molecule has 6 nitrogen and oxygen atoms in total. The first kappa shape index (κ1) is 20.1. The van der Waals surface area contributed by atoms with Gasteiger partial charge in [0.1, 0.15) is 5.60 Å². The van der Waals surface area contributed by atoms with E-state index in [1.165, 1.54) is 25.0 Å². The summed E-state index contributed by atoms with van der Waals surface area (Å²) in [6.45, 7) is 7.63. The zero-order valence-electron chi connectivity index (χ0n) is 17.7. The fraction of sp³-hybridized carbons (Fsp3) is 0.909. The third-order valence-electron chi connectivity index (χ3n) is 6.73. The number of carbonyl (C=O) groups excluding carboxylic acids is 1. The molecule has 3 fully saturated rings. The second-order valence-electron chi connectivity index (χ2n) is 10.1. The van der Waals surface area contributed by atoms with Gasteiger partial charge in [-0.15, -0.1) is 0 Å². The van der Waals surface area contributed by atoms with Crippen LogP contribution in [-0.4, -0.2) is 53.2 Å². The summed E-state index contributed by atoms with van der Waals surface area (Å²) in [5.41, 5.74) is 1.10. The van der Waals surface area contributed by atoms with Gasteiger partial charge in [-0.3, -0.25) is 4.79 Å². The molecule has 28 heavy (non-hydrogen) atoms. The van der Waals surface area contributed by atoms with Gasteiger partial charge in [-0.2, -0.15) is 0 Å². The van der Waals surface area contributed by atoms with Crippen molar-refractivity contribution in [2.75, 3.05) is 13.2 Å². The Balaban J connectivity index is 1.41. The van der Waals surface area contributed by atoms with Crippen LogP contribution in [0.2, 0.25) is 0 Å². The number of hydrogen-bond acceptors (Lipinski definition) is 5. The smallest absolute Gasteiger partial charge is 0.228 e. The minimum atomic E-state index is -0.376. The van der Waals surface area contributed by atoms with E-state index in [2.05, 4.69) is 30.8 Å². The highest BCUT2D eigenvalue weighted by atomic mass is 16.7. The average molecular weight is 393 g/mol. The highest BCUT2D eigenvalue weighted by Crippen LogP contribution is 2.47. The Bertz CT molecular complexity index is 602. The topological polar surface area (TPSA) is 60.4 Å². The summed E-state index contributed by atoms with van der Waals surface area (Å²) in [4.78, 5) is 21.1. The van der Waals surface area contributed by atoms with Crippen molar-refractivity contribution in [3.8, 4) is 0 Å². The fourth-order valence-corrected chi connectivity index (χ4v) is 5.18. The molecule has 2 aliphatic carbocycles. The lowest BCUT2D eigenvalue weighted by Crippen LogP contribution is -2.55. The molecule has 0 aromatic heterocycles. The lowest BCUT2D eigenvalue weighted by atomic mass is 9.78. The minimum absolute atomic E-state index is 0.0794. The molecule has 2 heterocycles. The van der Waals surface area contributed by atoms with Crippen molar-refractivity contribution in [2.45, 2.75) is 108 Å². The first-order chi connectivity index (χ1) is 13.4. The molecule has 0 radical (unpaired) electrons. The summed E-state index contributed by atoms with van der Waals surface area (Å²) in [7, 11) is 0. The summed E-state index contributed by atoms with van der Waals surface area (Å²) in [5.74, 6) is 0.690. The Morgan fingerprint density at radius 2 is 1.89 bits per heavy atom. The molecule has 1 saturated heterocycles. The number of carbonyl (C=O) groups is 1. The van der Waals surface area contributed by atoms with Gasteiger partial charge in [0.15, 0.2) is 6.29 Å². The van der Waals surface area contributed by atoms with E-state index in [1.54, 1.807) is 0 Å². The Labute approximate surface area is 168 Å². The maximum absolute atomic E-state index is 13.3. The molecule has 4 rings (SSSR count). The standard InChI is InChI=1S/C22H36N2O4/c1-21(2,3)24(19(25)14-20-26-12-13-27-20)18-7-5-4-6-16(18)8-9-17-15-22(10-11-22)28-23-17/h16,18,20H,4-15H2,1-3H3. The molecule has 1 amide bonds. The SMILES string of the molecule is CC(C)(C)N(C(=O)CC1OCCO1)C1CCCCC1CCC1=NOC2(CC2)C1. The predicted octanol–water partition coefficient (Wildman–Crippen LogP) is 4.02. The normalized spacial score (nSPS) is 29.6. The minimum Gasteiger partial charge on any atom is -0.389 e. The molecule has 2 aliphatic heterocycles. The van der Waals surface area contributed by atoms with Crippen molar-refractivity contribution in [3.63, 3.8) is 0 Å². The van der Waals surface area contributed by atoms with E-state index in [1.807, 2.05) is 0 Å². The van der Waals surface area contributed by atoms with Crippen molar-refractivity contribution in [1.29, 1.82) is 0 Å². The molecule has 6 heteroatoms. The first-order valence-corrected chi connectivity index (χ1v) is 11.2. The number of rotatable bonds is 6. The monoisotopic (exact) mass is 392 g/mol. The molecule has 0 aromatic carbocycles. The Morgan fingerprint density at radius 3 is 2.54 bits per heavy atom. The quantitative estimate of drug-likeness (QED) is 0.685. The van der Waals surface area contributed by atoms with Crippen LogP contribution in [0.3, 0.4) is 0 Å². The van der Waals surface area contributed by atoms with E-state index in [0.29, 0.717) is 31.6 Å². The molecule has 158 valence electrons. The summed E-state index contributed by atoms with van der Waals surface area (Å²) in [6.07, 6.45) is 10.1. The maximum Gasteiger partial charge on any atom is 0.228 e. The highest BCUT2D eigenvalue weighted by Gasteiger charge is 2.50. The van der Waals surface area contributed by atoms with Crippen LogP contribution in [0.4, 0.5) is 0 Å². The van der Waals surface area contributed by atoms with Crippen molar-refractivity contribution >= 4 is 11.6 Å². The fourth-order valence-electron chi connectivity index (χ4n) is 5.18. The zero-order chi connectivity index (χ0) is 19.8. The molecule has 1 spiro atoms. The van der Waals surface area contributed by atoms with E-state index in [-0.39, 0.29) is 23.3 Å². The van der Waals surface area contributed by atoms with E-state index in [4.69, 9.17) is 14.3 Å². The number of oxime groups is 1. The molecule has 4 aliphatic rings. The molecule has 0 aromatic rings. The van der Waals surface area contributed by atoms with Crippen LogP contribution < -0.4 is 0 Å². The summed E-state index contributed by atoms with van der Waals surface area (Å²) in [5, 5.41) is 4.36. The van der Waals surface area contributed by atoms with Crippen LogP contribution in [-0.2, 0) is 19.1 Å². The van der Waals surface area contributed by atoms with E-state index < -0.39 is 0 Å². The van der Waals surface area contributed by atoms with E-state index >= 15 is 0 Å². The van der Waals surface area contributed by atoms with Gasteiger partial charge in [-0.1, -0.05) is 18.0 Å². The number of nitrogens with zero attached hydrogens (tertiary/aromatic N) is 2. The van der Waals surface area contributed by atoms with Crippen LogP contribution in [0.15, 0.2) is 5.16 Å². The second-order valence-corrected chi connectivity index (χ2v) is 10.1. The Kier molecular flexibility index (Phi) is 5.71. The lowest BCUT2D eigenvalue weighted by molar-refractivity contribution is -0.150. The van der Waals surface area contributed by atoms with Crippen LogP contribution in [0.1, 0.15) is 85.0 Å². The van der Waals surface area contributed by atoms with Crippen molar-refractivity contribution in [3.05, 3.63) is 0 Å². The molecular formula is C22H36N2O4. The van der Waals surface area contributed by atoms with E-state index in [9.17, 15) is 4.79 Å². The van der Waals surface area contributed by atoms with Crippen LogP contribution in [0, 0.1) is 5.92 Å². The lowest BCUT2D eigenvalue weighted by Gasteiger charge is -2.47. The zero-order valence-corrected chi connectivity index (χ0v) is 17.7. The third kappa shape index (κ3) is 4.54. The first-order valence-electron chi connectivity index (χ1n) is 11.2. The van der Waals surface area contributed by atoms with Gasteiger partial charge in [-0.25, -0.2) is 0 Å². The van der Waals surface area contributed by atoms with Crippen LogP contribution in [0.25, 0.3) is 0 Å². The van der Waals surface area contributed by atoms with Gasteiger partial charge in [0.2, 0.25) is 5.91 Å². The largest absolute Gasteiger partial charge is 0.389 e. The van der Waals surface area contributed by atoms with Gasteiger partial charge in [0, 0.05) is 18.0 Å². The van der Waals surface area contributed by atoms with Crippen molar-refractivity contribution in [1.82, 2.24) is 4.90 Å². The van der Waals surface area contributed by atoms with Gasteiger partial charge in [-0.05, 0) is 65.2 Å². The Morgan fingerprint density at radius 1 is 1.18 bits per heavy atom. The number of hydrogen-bond donors (Lipinski definition) is 0. The molecular weight excluding hydrogens is 356 g/mol. The highest BCUT2D eigenvalue weighted by molar-refractivity contribution is 5.86. The number of ether oxygens (including phenoxy) is 2. The molecule has 2 saturated carbocycles. The van der Waals surface area contributed by atoms with Gasteiger partial charge in [0.05, 0.1) is 25.3 Å². The summed E-state index contributed by atoms with van der Waals surface area (Å²) in [6, 6.07) is 0.292. The van der Waals surface area contributed by atoms with Gasteiger partial charge >= 0.3 is 0 Å². The summed E-state index contributed by atoms with van der Waals surface area (Å²) >= 11 is 0. The molecule has 2 atom stereocenters. The number of amides is 1. The van der Waals surface area contributed by atoms with Crippen LogP contribution >= 0.6 is 0 Å². The molecule has 0 N–H and O–H groups in total. The molecule has 2 unspecified atom stereocenters. The van der Waals surface area contributed by atoms with Crippen molar-refractivity contribution < 1.29 is 19.1 Å².